The lowest BCUT2D eigenvalue weighted by atomic mass is 10.1. The van der Waals surface area contributed by atoms with E-state index in [1.54, 1.807) is 7.11 Å². The minimum Gasteiger partial charge on any atom is -0.383 e. The molecule has 2 atom stereocenters. The first kappa shape index (κ1) is 12.9. The molecule has 1 N–H and O–H groups in total. The summed E-state index contributed by atoms with van der Waals surface area (Å²) in [6, 6.07) is 1.09. The van der Waals surface area contributed by atoms with Gasteiger partial charge in [0, 0.05) is 25.7 Å². The zero-order valence-corrected chi connectivity index (χ0v) is 9.63. The minimum atomic E-state index is 0.534. The van der Waals surface area contributed by atoms with Crippen molar-refractivity contribution >= 4 is 0 Å². The summed E-state index contributed by atoms with van der Waals surface area (Å²) in [5.41, 5.74) is 0. The van der Waals surface area contributed by atoms with Gasteiger partial charge in [-0.05, 0) is 27.4 Å². The van der Waals surface area contributed by atoms with E-state index in [2.05, 4.69) is 38.0 Å². The van der Waals surface area contributed by atoms with Crippen molar-refractivity contribution < 1.29 is 4.74 Å². The molecular formula is C10H24N2O. The molecule has 80 valence electrons. The third-order valence-electron chi connectivity index (χ3n) is 2.59. The number of methoxy groups -OCH3 is 1. The molecule has 0 bridgehead atoms. The molecule has 0 saturated carbocycles. The normalized spacial score (nSPS) is 16.2. The highest BCUT2D eigenvalue weighted by Crippen LogP contribution is 2.00. The average molecular weight is 188 g/mol. The number of ether oxygens (including phenoxy) is 1. The predicted octanol–water partition coefficient (Wildman–Crippen LogP) is 0.951. The van der Waals surface area contributed by atoms with Crippen LogP contribution in [0.2, 0.25) is 0 Å². The van der Waals surface area contributed by atoms with Gasteiger partial charge in [-0.1, -0.05) is 6.92 Å². The summed E-state index contributed by atoms with van der Waals surface area (Å²) >= 11 is 0. The zero-order chi connectivity index (χ0) is 10.3. The maximum atomic E-state index is 5.04. The summed E-state index contributed by atoms with van der Waals surface area (Å²) in [7, 11) is 3.88. The van der Waals surface area contributed by atoms with Crippen molar-refractivity contribution in [3.8, 4) is 0 Å². The predicted molar refractivity (Wildman–Crippen MR) is 57.1 cm³/mol. The Hall–Kier alpha value is -0.120. The van der Waals surface area contributed by atoms with Gasteiger partial charge in [0.1, 0.15) is 0 Å². The standard InChI is InChI=1S/C10H24N2O/c1-6-11-9(2)10(3)12(4)7-8-13-5/h9-11H,6-8H2,1-5H3. The van der Waals surface area contributed by atoms with E-state index in [9.17, 15) is 0 Å². The Balaban J connectivity index is 3.71. The van der Waals surface area contributed by atoms with E-state index in [1.165, 1.54) is 0 Å². The summed E-state index contributed by atoms with van der Waals surface area (Å²) in [4.78, 5) is 2.32. The summed E-state index contributed by atoms with van der Waals surface area (Å²) in [6.45, 7) is 9.43. The van der Waals surface area contributed by atoms with Crippen molar-refractivity contribution in [3.63, 3.8) is 0 Å². The van der Waals surface area contributed by atoms with E-state index in [1.807, 2.05) is 0 Å². The fourth-order valence-electron chi connectivity index (χ4n) is 1.31. The Kier molecular flexibility index (Phi) is 7.23. The Morgan fingerprint density at radius 2 is 2.00 bits per heavy atom. The van der Waals surface area contributed by atoms with Crippen LogP contribution in [0, 0.1) is 0 Å². The van der Waals surface area contributed by atoms with Crippen LogP contribution in [0.1, 0.15) is 20.8 Å². The van der Waals surface area contributed by atoms with Crippen LogP contribution in [0.25, 0.3) is 0 Å². The molecule has 3 heteroatoms. The molecule has 2 unspecified atom stereocenters. The lowest BCUT2D eigenvalue weighted by molar-refractivity contribution is 0.132. The van der Waals surface area contributed by atoms with E-state index in [0.29, 0.717) is 12.1 Å². The van der Waals surface area contributed by atoms with Crippen LogP contribution in [0.4, 0.5) is 0 Å². The van der Waals surface area contributed by atoms with Crippen molar-refractivity contribution in [3.05, 3.63) is 0 Å². The molecule has 0 saturated heterocycles. The Labute approximate surface area is 82.4 Å². The van der Waals surface area contributed by atoms with E-state index < -0.39 is 0 Å². The van der Waals surface area contributed by atoms with Crippen molar-refractivity contribution in [2.75, 3.05) is 33.9 Å². The van der Waals surface area contributed by atoms with Gasteiger partial charge in [-0.3, -0.25) is 4.90 Å². The van der Waals surface area contributed by atoms with Crippen molar-refractivity contribution in [1.82, 2.24) is 10.2 Å². The third kappa shape index (κ3) is 5.24. The molecule has 0 heterocycles. The van der Waals surface area contributed by atoms with Gasteiger partial charge in [0.2, 0.25) is 0 Å². The molecule has 0 aromatic heterocycles. The van der Waals surface area contributed by atoms with Crippen LogP contribution >= 0.6 is 0 Å². The number of likely N-dealkylation sites (N-methyl/N-ethyl adjacent to an activating group) is 2. The monoisotopic (exact) mass is 188 g/mol. The quantitative estimate of drug-likeness (QED) is 0.644. The maximum Gasteiger partial charge on any atom is 0.0589 e. The zero-order valence-electron chi connectivity index (χ0n) is 9.63. The van der Waals surface area contributed by atoms with Crippen LogP contribution < -0.4 is 5.32 Å². The molecule has 0 aliphatic rings. The number of nitrogens with one attached hydrogen (secondary N) is 1. The van der Waals surface area contributed by atoms with Crippen LogP contribution in [0.5, 0.6) is 0 Å². The van der Waals surface area contributed by atoms with Crippen molar-refractivity contribution in [1.29, 1.82) is 0 Å². The van der Waals surface area contributed by atoms with Crippen LogP contribution in [-0.2, 0) is 4.74 Å². The molecule has 0 aromatic rings. The van der Waals surface area contributed by atoms with Gasteiger partial charge in [-0.2, -0.15) is 0 Å². The molecule has 0 amide bonds. The van der Waals surface area contributed by atoms with Crippen LogP contribution in [0.15, 0.2) is 0 Å². The number of hydrogen-bond acceptors (Lipinski definition) is 3. The Bertz CT molecular complexity index is 119. The van der Waals surface area contributed by atoms with Gasteiger partial charge in [0.25, 0.3) is 0 Å². The largest absolute Gasteiger partial charge is 0.383 e. The molecular weight excluding hydrogens is 164 g/mol. The van der Waals surface area contributed by atoms with E-state index >= 15 is 0 Å². The van der Waals surface area contributed by atoms with Crippen molar-refractivity contribution in [2.45, 2.75) is 32.9 Å². The second kappa shape index (κ2) is 7.30. The van der Waals surface area contributed by atoms with Gasteiger partial charge in [0.05, 0.1) is 6.61 Å². The molecule has 0 aliphatic heterocycles. The second-order valence-electron chi connectivity index (χ2n) is 3.56. The molecule has 0 aliphatic carbocycles. The summed E-state index contributed by atoms with van der Waals surface area (Å²) < 4.78 is 5.04. The van der Waals surface area contributed by atoms with E-state index in [-0.39, 0.29) is 0 Å². The molecule has 0 fully saturated rings. The van der Waals surface area contributed by atoms with Gasteiger partial charge < -0.3 is 10.1 Å². The summed E-state index contributed by atoms with van der Waals surface area (Å²) in [6.07, 6.45) is 0. The molecule has 0 rings (SSSR count). The van der Waals surface area contributed by atoms with Gasteiger partial charge in [-0.25, -0.2) is 0 Å². The lowest BCUT2D eigenvalue weighted by Gasteiger charge is -2.29. The highest BCUT2D eigenvalue weighted by atomic mass is 16.5. The van der Waals surface area contributed by atoms with Gasteiger partial charge >= 0.3 is 0 Å². The third-order valence-corrected chi connectivity index (χ3v) is 2.59. The van der Waals surface area contributed by atoms with Gasteiger partial charge in [-0.15, -0.1) is 0 Å². The SMILES string of the molecule is CCNC(C)C(C)N(C)CCOC. The smallest absolute Gasteiger partial charge is 0.0589 e. The average Bonchev–Trinajstić information content (AvgIpc) is 2.13. The molecule has 13 heavy (non-hydrogen) atoms. The lowest BCUT2D eigenvalue weighted by Crippen LogP contribution is -2.46. The van der Waals surface area contributed by atoms with Crippen LogP contribution in [-0.4, -0.2) is 50.8 Å². The minimum absolute atomic E-state index is 0.534. The first-order valence-electron chi connectivity index (χ1n) is 5.06. The highest BCUT2D eigenvalue weighted by molar-refractivity contribution is 4.74. The maximum absolute atomic E-state index is 5.04. The molecule has 3 nitrogen and oxygen atoms in total. The number of hydrogen-bond donors (Lipinski definition) is 1. The van der Waals surface area contributed by atoms with Gasteiger partial charge in [0.15, 0.2) is 0 Å². The number of nitrogens with zero attached hydrogens (tertiary/aromatic N) is 1. The molecule has 0 radical (unpaired) electrons. The summed E-state index contributed by atoms with van der Waals surface area (Å²) in [5.74, 6) is 0. The van der Waals surface area contributed by atoms with E-state index in [4.69, 9.17) is 4.74 Å². The first-order chi connectivity index (χ1) is 6.13. The molecule has 0 spiro atoms. The highest BCUT2D eigenvalue weighted by Gasteiger charge is 2.14. The summed E-state index contributed by atoms with van der Waals surface area (Å²) in [5, 5.41) is 3.42. The molecule has 0 aromatic carbocycles. The van der Waals surface area contributed by atoms with Crippen LogP contribution in [0.3, 0.4) is 0 Å². The number of rotatable bonds is 7. The second-order valence-corrected chi connectivity index (χ2v) is 3.56. The van der Waals surface area contributed by atoms with Crippen molar-refractivity contribution in [2.24, 2.45) is 0 Å². The Morgan fingerprint density at radius 1 is 1.38 bits per heavy atom. The Morgan fingerprint density at radius 3 is 2.46 bits per heavy atom. The first-order valence-corrected chi connectivity index (χ1v) is 5.06. The van der Waals surface area contributed by atoms with E-state index in [0.717, 1.165) is 19.7 Å². The topological polar surface area (TPSA) is 24.5 Å². The fraction of sp³-hybridized carbons (Fsp3) is 1.00. The fourth-order valence-corrected chi connectivity index (χ4v) is 1.31.